The van der Waals surface area contributed by atoms with Gasteiger partial charge in [0.1, 0.15) is 5.92 Å². The van der Waals surface area contributed by atoms with Gasteiger partial charge in [-0.2, -0.15) is 0 Å². The third-order valence-electron chi connectivity index (χ3n) is 1.58. The lowest BCUT2D eigenvalue weighted by Crippen LogP contribution is -2.33. The second kappa shape index (κ2) is 5.40. The van der Waals surface area contributed by atoms with E-state index in [9.17, 15) is 4.79 Å². The fourth-order valence-corrected chi connectivity index (χ4v) is 0.899. The predicted octanol–water partition coefficient (Wildman–Crippen LogP) is 0.193. The molecule has 0 rings (SSSR count). The topological polar surface area (TPSA) is 70.9 Å². The number of carbonyl (C=O) groups is 1. The summed E-state index contributed by atoms with van der Waals surface area (Å²) in [7, 11) is 2.89. The van der Waals surface area contributed by atoms with Gasteiger partial charge in [0.15, 0.2) is 0 Å². The van der Waals surface area contributed by atoms with Gasteiger partial charge in [-0.3, -0.25) is 4.79 Å². The average molecular weight is 174 g/mol. The summed E-state index contributed by atoms with van der Waals surface area (Å²) in [6, 6.07) is 0. The molecule has 0 aromatic heterocycles. The summed E-state index contributed by atoms with van der Waals surface area (Å²) in [5, 5.41) is 13.8. The first kappa shape index (κ1) is 10.7. The molecule has 0 saturated heterocycles. The van der Waals surface area contributed by atoms with Crippen LogP contribution in [0.3, 0.4) is 0 Å². The molecular formula is C7H14N2O3. The van der Waals surface area contributed by atoms with Crippen molar-refractivity contribution < 1.29 is 14.7 Å². The molecule has 0 aromatic rings. The van der Waals surface area contributed by atoms with E-state index in [1.54, 1.807) is 0 Å². The number of carbonyl (C=O) groups excluding carboxylic acids is 1. The van der Waals surface area contributed by atoms with Crippen molar-refractivity contribution in [3.63, 3.8) is 0 Å². The summed E-state index contributed by atoms with van der Waals surface area (Å²) in [5.74, 6) is -0.686. The zero-order chi connectivity index (χ0) is 9.56. The van der Waals surface area contributed by atoms with Gasteiger partial charge in [-0.25, -0.2) is 0 Å². The normalized spacial score (nSPS) is 13.8. The van der Waals surface area contributed by atoms with Crippen LogP contribution in [-0.4, -0.2) is 31.2 Å². The van der Waals surface area contributed by atoms with Crippen molar-refractivity contribution in [2.24, 2.45) is 11.1 Å². The van der Waals surface area contributed by atoms with Crippen molar-refractivity contribution in [1.29, 1.82) is 0 Å². The molecule has 0 heterocycles. The molecule has 0 bridgehead atoms. The fourth-order valence-electron chi connectivity index (χ4n) is 0.899. The van der Waals surface area contributed by atoms with Gasteiger partial charge < -0.3 is 15.3 Å². The molecule has 70 valence electrons. The number of nitrogens with zero attached hydrogens (tertiary/aromatic N) is 1. The summed E-state index contributed by atoms with van der Waals surface area (Å²) in [6.07, 6.45) is 0.535. The van der Waals surface area contributed by atoms with Crippen LogP contribution in [0.15, 0.2) is 5.16 Å². The van der Waals surface area contributed by atoms with Gasteiger partial charge in [-0.05, 0) is 6.42 Å². The van der Waals surface area contributed by atoms with Crippen molar-refractivity contribution in [2.75, 3.05) is 14.2 Å². The lowest BCUT2D eigenvalue weighted by molar-refractivity contribution is -0.123. The summed E-state index contributed by atoms with van der Waals surface area (Å²) in [6.45, 7) is 1.81. The first-order valence-corrected chi connectivity index (χ1v) is 3.68. The van der Waals surface area contributed by atoms with E-state index >= 15 is 0 Å². The Labute approximate surface area is 71.4 Å². The summed E-state index contributed by atoms with van der Waals surface area (Å²) in [5.41, 5.74) is 0. The van der Waals surface area contributed by atoms with E-state index in [4.69, 9.17) is 9.94 Å². The van der Waals surface area contributed by atoms with E-state index < -0.39 is 5.92 Å². The minimum absolute atomic E-state index is 0.0388. The highest BCUT2D eigenvalue weighted by atomic mass is 16.5. The van der Waals surface area contributed by atoms with Crippen molar-refractivity contribution in [1.82, 2.24) is 5.32 Å². The van der Waals surface area contributed by atoms with Crippen LogP contribution in [0.1, 0.15) is 13.3 Å². The SMILES string of the molecule is CCC(C(=O)NC)C(=NO)OC. The maximum absolute atomic E-state index is 11.1. The van der Waals surface area contributed by atoms with Crippen molar-refractivity contribution >= 4 is 11.8 Å². The molecule has 5 nitrogen and oxygen atoms in total. The molecule has 0 spiro atoms. The highest BCUT2D eigenvalue weighted by Crippen LogP contribution is 2.05. The summed E-state index contributed by atoms with van der Waals surface area (Å²) in [4.78, 5) is 11.1. The highest BCUT2D eigenvalue weighted by Gasteiger charge is 2.22. The Morgan fingerprint density at radius 3 is 2.58 bits per heavy atom. The zero-order valence-corrected chi connectivity index (χ0v) is 7.50. The predicted molar refractivity (Wildman–Crippen MR) is 44.1 cm³/mol. The summed E-state index contributed by atoms with van der Waals surface area (Å²) >= 11 is 0. The second-order valence-corrected chi connectivity index (χ2v) is 2.22. The van der Waals surface area contributed by atoms with Gasteiger partial charge >= 0.3 is 0 Å². The summed E-state index contributed by atoms with van der Waals surface area (Å²) < 4.78 is 4.71. The smallest absolute Gasteiger partial charge is 0.237 e. The Kier molecular flexibility index (Phi) is 4.83. The van der Waals surface area contributed by atoms with Crippen LogP contribution in [0.4, 0.5) is 0 Å². The van der Waals surface area contributed by atoms with Gasteiger partial charge in [0, 0.05) is 7.05 Å². The Hall–Kier alpha value is -1.26. The fraction of sp³-hybridized carbons (Fsp3) is 0.714. The van der Waals surface area contributed by atoms with Crippen molar-refractivity contribution in [3.05, 3.63) is 0 Å². The molecule has 12 heavy (non-hydrogen) atoms. The van der Waals surface area contributed by atoms with Crippen molar-refractivity contribution in [3.8, 4) is 0 Å². The van der Waals surface area contributed by atoms with E-state index in [0.717, 1.165) is 0 Å². The van der Waals surface area contributed by atoms with Gasteiger partial charge in [-0.1, -0.05) is 12.1 Å². The lowest BCUT2D eigenvalue weighted by atomic mass is 10.1. The first-order valence-electron chi connectivity index (χ1n) is 3.68. The number of amides is 1. The minimum Gasteiger partial charge on any atom is -0.481 e. The number of rotatable bonds is 3. The van der Waals surface area contributed by atoms with Crippen LogP contribution in [0.2, 0.25) is 0 Å². The maximum Gasteiger partial charge on any atom is 0.237 e. The molecule has 0 aliphatic heterocycles. The Bertz CT molecular complexity index is 179. The number of nitrogens with one attached hydrogen (secondary N) is 1. The van der Waals surface area contributed by atoms with Crippen molar-refractivity contribution in [2.45, 2.75) is 13.3 Å². The lowest BCUT2D eigenvalue weighted by Gasteiger charge is -2.12. The van der Waals surface area contributed by atoms with E-state index in [1.807, 2.05) is 6.92 Å². The van der Waals surface area contributed by atoms with Crippen LogP contribution in [0, 0.1) is 5.92 Å². The zero-order valence-electron chi connectivity index (χ0n) is 7.50. The molecule has 1 atom stereocenters. The van der Waals surface area contributed by atoms with Gasteiger partial charge in [0.2, 0.25) is 11.8 Å². The number of ether oxygens (including phenoxy) is 1. The van der Waals surface area contributed by atoms with Crippen LogP contribution < -0.4 is 5.32 Å². The number of methoxy groups -OCH3 is 1. The first-order chi connectivity index (χ1) is 5.71. The van der Waals surface area contributed by atoms with E-state index in [0.29, 0.717) is 6.42 Å². The van der Waals surface area contributed by atoms with E-state index in [-0.39, 0.29) is 11.8 Å². The monoisotopic (exact) mass is 174 g/mol. The quantitative estimate of drug-likeness (QED) is 0.278. The molecule has 1 unspecified atom stereocenters. The maximum atomic E-state index is 11.1. The second-order valence-electron chi connectivity index (χ2n) is 2.22. The molecule has 0 aliphatic rings. The molecule has 0 aromatic carbocycles. The minimum atomic E-state index is -0.509. The van der Waals surface area contributed by atoms with Crippen LogP contribution in [0.5, 0.6) is 0 Å². The molecule has 2 N–H and O–H groups in total. The number of oxime groups is 1. The molecule has 5 heteroatoms. The van der Waals surface area contributed by atoms with Crippen LogP contribution in [-0.2, 0) is 9.53 Å². The van der Waals surface area contributed by atoms with Gasteiger partial charge in [0.05, 0.1) is 7.11 Å². The Balaban J connectivity index is 4.42. The van der Waals surface area contributed by atoms with Crippen LogP contribution >= 0.6 is 0 Å². The van der Waals surface area contributed by atoms with Gasteiger partial charge in [-0.15, -0.1) is 0 Å². The van der Waals surface area contributed by atoms with E-state index in [1.165, 1.54) is 14.2 Å². The van der Waals surface area contributed by atoms with Gasteiger partial charge in [0.25, 0.3) is 0 Å². The third-order valence-corrected chi connectivity index (χ3v) is 1.58. The van der Waals surface area contributed by atoms with E-state index in [2.05, 4.69) is 10.5 Å². The Morgan fingerprint density at radius 2 is 2.33 bits per heavy atom. The largest absolute Gasteiger partial charge is 0.481 e. The molecule has 0 radical (unpaired) electrons. The molecule has 0 fully saturated rings. The number of hydrogen-bond donors (Lipinski definition) is 2. The molecule has 0 aliphatic carbocycles. The third kappa shape index (κ3) is 2.41. The highest BCUT2D eigenvalue weighted by molar-refractivity contribution is 5.99. The standard InChI is InChI=1S/C7H14N2O3/c1-4-5(6(10)8-2)7(9-11)12-3/h5,11H,4H2,1-3H3,(H,8,10). The average Bonchev–Trinajstić information content (AvgIpc) is 2.12. The van der Waals surface area contributed by atoms with Crippen LogP contribution in [0.25, 0.3) is 0 Å². The number of hydrogen-bond acceptors (Lipinski definition) is 4. The Morgan fingerprint density at radius 1 is 1.75 bits per heavy atom. The molecular weight excluding hydrogens is 160 g/mol. The molecule has 0 saturated carbocycles. The molecule has 1 amide bonds.